The van der Waals surface area contributed by atoms with Crippen LogP contribution in [0, 0.1) is 5.41 Å². The number of hydrogen-bond donors (Lipinski definition) is 4. The van der Waals surface area contributed by atoms with Gasteiger partial charge in [0.15, 0.2) is 11.6 Å². The Bertz CT molecular complexity index is 536. The molecular formula is C22H42N2O4. The summed E-state index contributed by atoms with van der Waals surface area (Å²) in [5, 5.41) is 27.1. The van der Waals surface area contributed by atoms with Crippen LogP contribution in [0.2, 0.25) is 0 Å². The number of carbonyl (C=O) groups excluding carboxylic acids is 2. The molecule has 0 aromatic rings. The highest BCUT2D eigenvalue weighted by Crippen LogP contribution is 2.28. The van der Waals surface area contributed by atoms with Crippen molar-refractivity contribution >= 4 is 11.6 Å². The van der Waals surface area contributed by atoms with E-state index in [-0.39, 0.29) is 29.7 Å². The van der Waals surface area contributed by atoms with E-state index in [1.165, 1.54) is 0 Å². The largest absolute Gasteiger partial charge is 0.390 e. The van der Waals surface area contributed by atoms with E-state index >= 15 is 0 Å². The summed E-state index contributed by atoms with van der Waals surface area (Å²) in [6, 6.07) is -0.355. The summed E-state index contributed by atoms with van der Waals surface area (Å²) in [5.74, 6) is 0.0789. The van der Waals surface area contributed by atoms with Crippen LogP contribution >= 0.6 is 0 Å². The van der Waals surface area contributed by atoms with E-state index in [0.717, 1.165) is 0 Å². The number of carbonyl (C=O) groups is 2. The highest BCUT2D eigenvalue weighted by molar-refractivity contribution is 5.93. The molecule has 28 heavy (non-hydrogen) atoms. The van der Waals surface area contributed by atoms with Gasteiger partial charge in [0.1, 0.15) is 0 Å². The van der Waals surface area contributed by atoms with E-state index in [2.05, 4.69) is 10.6 Å². The third kappa shape index (κ3) is 7.90. The molecule has 1 aliphatic heterocycles. The van der Waals surface area contributed by atoms with Crippen LogP contribution in [-0.4, -0.2) is 57.7 Å². The van der Waals surface area contributed by atoms with Gasteiger partial charge in [0.25, 0.3) is 0 Å². The van der Waals surface area contributed by atoms with Gasteiger partial charge in [-0.2, -0.15) is 0 Å². The van der Waals surface area contributed by atoms with Crippen LogP contribution in [0.3, 0.4) is 0 Å². The minimum absolute atomic E-state index is 0.0251. The molecule has 0 aromatic heterocycles. The Balaban J connectivity index is 3.08. The number of ketones is 2. The maximum atomic E-state index is 13.1. The van der Waals surface area contributed by atoms with Crippen molar-refractivity contribution in [1.82, 2.24) is 10.6 Å². The van der Waals surface area contributed by atoms with E-state index in [0.29, 0.717) is 38.5 Å². The molecule has 4 atom stereocenters. The van der Waals surface area contributed by atoms with Gasteiger partial charge in [-0.05, 0) is 66.2 Å². The second kappa shape index (κ2) is 9.79. The van der Waals surface area contributed by atoms with Crippen LogP contribution in [0.15, 0.2) is 0 Å². The fourth-order valence-corrected chi connectivity index (χ4v) is 3.93. The van der Waals surface area contributed by atoms with Crippen molar-refractivity contribution in [3.63, 3.8) is 0 Å². The second-order valence-electron chi connectivity index (χ2n) is 10.6. The zero-order valence-electron chi connectivity index (χ0n) is 18.9. The van der Waals surface area contributed by atoms with Crippen LogP contribution in [-0.2, 0) is 9.59 Å². The standard InChI is InChI=1S/C22H42N2O4/c1-20(2,3)19(28)22(7)13-9-12-17(26)16(25)11-8-10-15(18(27)14-23-22)24-21(4,5)6/h15-17,23-26H,8-14H2,1-7H3. The summed E-state index contributed by atoms with van der Waals surface area (Å²) in [4.78, 5) is 26.0. The van der Waals surface area contributed by atoms with E-state index in [1.54, 1.807) is 0 Å². The third-order valence-corrected chi connectivity index (χ3v) is 5.44. The topological polar surface area (TPSA) is 98.7 Å². The van der Waals surface area contributed by atoms with Crippen LogP contribution in [0.1, 0.15) is 87.0 Å². The number of hydrogen-bond acceptors (Lipinski definition) is 6. The van der Waals surface area contributed by atoms with E-state index in [9.17, 15) is 19.8 Å². The first-order valence-electron chi connectivity index (χ1n) is 10.6. The van der Waals surface area contributed by atoms with Crippen molar-refractivity contribution in [1.29, 1.82) is 0 Å². The first kappa shape index (κ1) is 25.2. The molecule has 1 aliphatic rings. The third-order valence-electron chi connectivity index (χ3n) is 5.44. The predicted molar refractivity (Wildman–Crippen MR) is 112 cm³/mol. The van der Waals surface area contributed by atoms with Crippen LogP contribution in [0.25, 0.3) is 0 Å². The summed E-state index contributed by atoms with van der Waals surface area (Å²) < 4.78 is 0. The van der Waals surface area contributed by atoms with Crippen LogP contribution in [0.5, 0.6) is 0 Å². The molecule has 1 rings (SSSR count). The number of rotatable bonds is 2. The van der Waals surface area contributed by atoms with Crippen molar-refractivity contribution in [3.8, 4) is 0 Å². The van der Waals surface area contributed by atoms with Gasteiger partial charge in [-0.15, -0.1) is 0 Å². The molecule has 4 N–H and O–H groups in total. The first-order chi connectivity index (χ1) is 12.7. The lowest BCUT2D eigenvalue weighted by atomic mass is 9.76. The van der Waals surface area contributed by atoms with E-state index in [4.69, 9.17) is 0 Å². The summed E-state index contributed by atoms with van der Waals surface area (Å²) >= 11 is 0. The molecule has 4 unspecified atom stereocenters. The van der Waals surface area contributed by atoms with Gasteiger partial charge in [-0.3, -0.25) is 14.9 Å². The normalized spacial score (nSPS) is 32.2. The quantitative estimate of drug-likeness (QED) is 0.570. The molecule has 1 saturated heterocycles. The average Bonchev–Trinajstić information content (AvgIpc) is 2.55. The van der Waals surface area contributed by atoms with Gasteiger partial charge in [-0.1, -0.05) is 20.8 Å². The number of aliphatic hydroxyl groups excluding tert-OH is 2. The van der Waals surface area contributed by atoms with Crippen molar-refractivity contribution in [3.05, 3.63) is 0 Å². The van der Waals surface area contributed by atoms with Gasteiger partial charge < -0.3 is 15.5 Å². The van der Waals surface area contributed by atoms with Crippen molar-refractivity contribution < 1.29 is 19.8 Å². The monoisotopic (exact) mass is 398 g/mol. The number of nitrogens with one attached hydrogen (secondary N) is 2. The lowest BCUT2D eigenvalue weighted by molar-refractivity contribution is -0.133. The van der Waals surface area contributed by atoms with Crippen molar-refractivity contribution in [2.24, 2.45) is 5.41 Å². The Morgan fingerprint density at radius 1 is 1.04 bits per heavy atom. The zero-order chi connectivity index (χ0) is 21.8. The summed E-state index contributed by atoms with van der Waals surface area (Å²) in [5.41, 5.74) is -1.62. The Labute approximate surface area is 170 Å². The molecule has 0 saturated carbocycles. The van der Waals surface area contributed by atoms with Gasteiger partial charge in [-0.25, -0.2) is 0 Å². The molecular weight excluding hydrogens is 356 g/mol. The summed E-state index contributed by atoms with van der Waals surface area (Å²) in [6.07, 6.45) is 1.64. The highest BCUT2D eigenvalue weighted by atomic mass is 16.3. The van der Waals surface area contributed by atoms with Crippen molar-refractivity contribution in [2.45, 2.75) is 116 Å². The number of aliphatic hydroxyl groups is 2. The summed E-state index contributed by atoms with van der Waals surface area (Å²) in [7, 11) is 0. The molecule has 6 heteroatoms. The van der Waals surface area contributed by atoms with Gasteiger partial charge in [0.05, 0.1) is 30.3 Å². The maximum Gasteiger partial charge on any atom is 0.163 e. The maximum absolute atomic E-state index is 13.1. The Hall–Kier alpha value is -0.820. The van der Waals surface area contributed by atoms with Crippen LogP contribution in [0.4, 0.5) is 0 Å². The minimum Gasteiger partial charge on any atom is -0.390 e. The molecule has 0 spiro atoms. The Morgan fingerprint density at radius 3 is 2.07 bits per heavy atom. The molecule has 1 heterocycles. The van der Waals surface area contributed by atoms with E-state index < -0.39 is 23.2 Å². The lowest BCUT2D eigenvalue weighted by Crippen LogP contribution is -2.57. The molecule has 0 radical (unpaired) electrons. The lowest BCUT2D eigenvalue weighted by Gasteiger charge is -2.36. The van der Waals surface area contributed by atoms with Gasteiger partial charge >= 0.3 is 0 Å². The molecule has 0 aliphatic carbocycles. The minimum atomic E-state index is -0.848. The average molecular weight is 399 g/mol. The fraction of sp³-hybridized carbons (Fsp3) is 0.909. The Morgan fingerprint density at radius 2 is 1.57 bits per heavy atom. The molecule has 164 valence electrons. The molecule has 6 nitrogen and oxygen atoms in total. The van der Waals surface area contributed by atoms with Gasteiger partial charge in [0, 0.05) is 11.0 Å². The smallest absolute Gasteiger partial charge is 0.163 e. The molecule has 1 fully saturated rings. The zero-order valence-corrected chi connectivity index (χ0v) is 18.9. The first-order valence-corrected chi connectivity index (χ1v) is 10.6. The predicted octanol–water partition coefficient (Wildman–Crippen LogP) is 2.35. The SMILES string of the molecule is CC(C)(C)NC1CCCC(O)C(O)CCCC(C)(C(=O)C(C)(C)C)NCC1=O. The van der Waals surface area contributed by atoms with Crippen LogP contribution < -0.4 is 10.6 Å². The summed E-state index contributed by atoms with van der Waals surface area (Å²) in [6.45, 7) is 13.7. The highest BCUT2D eigenvalue weighted by Gasteiger charge is 2.40. The number of Topliss-reactive ketones (excluding diaryl/α,β-unsaturated/α-hetero) is 2. The molecule has 0 bridgehead atoms. The fourth-order valence-electron chi connectivity index (χ4n) is 3.93. The van der Waals surface area contributed by atoms with Crippen molar-refractivity contribution in [2.75, 3.05) is 6.54 Å². The molecule has 0 amide bonds. The Kier molecular flexibility index (Phi) is 8.82. The molecule has 0 aromatic carbocycles. The second-order valence-corrected chi connectivity index (χ2v) is 10.6. The van der Waals surface area contributed by atoms with Gasteiger partial charge in [0.2, 0.25) is 0 Å². The van der Waals surface area contributed by atoms with E-state index in [1.807, 2.05) is 48.5 Å².